The molecule has 0 spiro atoms. The molecule has 1 amide bonds. The van der Waals surface area contributed by atoms with Gasteiger partial charge in [0.2, 0.25) is 11.8 Å². The van der Waals surface area contributed by atoms with E-state index in [0.717, 1.165) is 0 Å². The van der Waals surface area contributed by atoms with E-state index in [1.54, 1.807) is 48.7 Å². The maximum absolute atomic E-state index is 11.5. The lowest BCUT2D eigenvalue weighted by atomic mass is 10.1. The number of hydrogen-bond donors (Lipinski definition) is 3. The molecule has 0 unspecified atom stereocenters. The van der Waals surface area contributed by atoms with Gasteiger partial charge in [-0.3, -0.25) is 4.79 Å². The minimum atomic E-state index is -1.00. The molecule has 0 aliphatic heterocycles. The van der Waals surface area contributed by atoms with E-state index < -0.39 is 5.97 Å². The average Bonchev–Trinajstić information content (AvgIpc) is 3.17. The fourth-order valence-corrected chi connectivity index (χ4v) is 2.92. The van der Waals surface area contributed by atoms with Crippen LogP contribution in [0.15, 0.2) is 73.6 Å². The van der Waals surface area contributed by atoms with E-state index in [2.05, 4.69) is 26.8 Å². The fraction of sp³-hybridized carbons (Fsp3) is 0. The van der Waals surface area contributed by atoms with Crippen LogP contribution in [0.5, 0.6) is 11.6 Å². The SMILES string of the molecule is C=CC(=O)Nc1cccc(Oc2cnc3[nH]cc(-c4cccc(C(=O)O)c4)c3n2)c1. The molecule has 0 aliphatic carbocycles. The van der Waals surface area contributed by atoms with E-state index in [9.17, 15) is 14.7 Å². The lowest BCUT2D eigenvalue weighted by Crippen LogP contribution is -2.07. The lowest BCUT2D eigenvalue weighted by molar-refractivity contribution is -0.111. The monoisotopic (exact) mass is 400 g/mol. The molecule has 2 aromatic carbocycles. The van der Waals surface area contributed by atoms with Gasteiger partial charge in [0.05, 0.1) is 11.8 Å². The molecule has 148 valence electrons. The highest BCUT2D eigenvalue weighted by molar-refractivity contribution is 5.99. The van der Waals surface area contributed by atoms with Crippen LogP contribution in [0.2, 0.25) is 0 Å². The van der Waals surface area contributed by atoms with Gasteiger partial charge in [-0.05, 0) is 35.9 Å². The first-order valence-corrected chi connectivity index (χ1v) is 8.92. The summed E-state index contributed by atoms with van der Waals surface area (Å²) in [7, 11) is 0. The Morgan fingerprint density at radius 3 is 2.80 bits per heavy atom. The number of nitrogens with zero attached hydrogens (tertiary/aromatic N) is 2. The number of rotatable bonds is 6. The van der Waals surface area contributed by atoms with Gasteiger partial charge in [-0.2, -0.15) is 0 Å². The van der Waals surface area contributed by atoms with E-state index in [0.29, 0.717) is 33.7 Å². The van der Waals surface area contributed by atoms with E-state index in [1.807, 2.05) is 0 Å². The van der Waals surface area contributed by atoms with Crippen LogP contribution in [0.4, 0.5) is 5.69 Å². The topological polar surface area (TPSA) is 117 Å². The molecule has 0 saturated heterocycles. The van der Waals surface area contributed by atoms with Crippen molar-refractivity contribution in [3.8, 4) is 22.8 Å². The van der Waals surface area contributed by atoms with Crippen molar-refractivity contribution in [1.82, 2.24) is 15.0 Å². The Balaban J connectivity index is 1.66. The summed E-state index contributed by atoms with van der Waals surface area (Å²) >= 11 is 0. The molecule has 0 aliphatic rings. The van der Waals surface area contributed by atoms with Crippen LogP contribution in [0.3, 0.4) is 0 Å². The van der Waals surface area contributed by atoms with Crippen molar-refractivity contribution >= 4 is 28.7 Å². The molecule has 3 N–H and O–H groups in total. The van der Waals surface area contributed by atoms with Crippen molar-refractivity contribution in [2.75, 3.05) is 5.32 Å². The summed E-state index contributed by atoms with van der Waals surface area (Å²) in [4.78, 5) is 34.6. The van der Waals surface area contributed by atoms with Gasteiger partial charge in [0.25, 0.3) is 0 Å². The van der Waals surface area contributed by atoms with Crippen LogP contribution < -0.4 is 10.1 Å². The van der Waals surface area contributed by atoms with Crippen molar-refractivity contribution in [2.24, 2.45) is 0 Å². The van der Waals surface area contributed by atoms with Gasteiger partial charge in [-0.25, -0.2) is 14.8 Å². The minimum absolute atomic E-state index is 0.181. The third-order valence-corrected chi connectivity index (χ3v) is 4.29. The Morgan fingerprint density at radius 1 is 1.17 bits per heavy atom. The van der Waals surface area contributed by atoms with Gasteiger partial charge in [0.1, 0.15) is 11.3 Å². The smallest absolute Gasteiger partial charge is 0.335 e. The molecule has 0 fully saturated rings. The maximum Gasteiger partial charge on any atom is 0.335 e. The number of aromatic amines is 1. The van der Waals surface area contributed by atoms with E-state index in [-0.39, 0.29) is 17.4 Å². The second-order valence-corrected chi connectivity index (χ2v) is 6.32. The molecule has 30 heavy (non-hydrogen) atoms. The Labute approximate surface area is 170 Å². The highest BCUT2D eigenvalue weighted by Crippen LogP contribution is 2.30. The van der Waals surface area contributed by atoms with E-state index in [1.165, 1.54) is 18.3 Å². The first kappa shape index (κ1) is 18.9. The molecule has 0 radical (unpaired) electrons. The number of carboxylic acid groups (broad SMARTS) is 1. The van der Waals surface area contributed by atoms with Crippen molar-refractivity contribution in [2.45, 2.75) is 0 Å². The number of H-pyrrole nitrogens is 1. The standard InChI is InChI=1S/C22H16N4O4/c1-2-18(27)25-15-7-4-8-16(10-15)30-19-12-24-21-20(26-19)17(11-23-21)13-5-3-6-14(9-13)22(28)29/h2-12H,1H2,(H,23,24)(H,25,27)(H,28,29). The number of aromatic nitrogens is 3. The molecular weight excluding hydrogens is 384 g/mol. The van der Waals surface area contributed by atoms with E-state index in [4.69, 9.17) is 4.74 Å². The van der Waals surface area contributed by atoms with Gasteiger partial charge in [-0.15, -0.1) is 0 Å². The van der Waals surface area contributed by atoms with Crippen molar-refractivity contribution in [3.05, 3.63) is 79.1 Å². The number of amides is 1. The van der Waals surface area contributed by atoms with Crippen LogP contribution in [0.1, 0.15) is 10.4 Å². The normalized spacial score (nSPS) is 10.5. The molecule has 0 bridgehead atoms. The highest BCUT2D eigenvalue weighted by atomic mass is 16.5. The van der Waals surface area contributed by atoms with Crippen LogP contribution in [-0.2, 0) is 4.79 Å². The summed E-state index contributed by atoms with van der Waals surface area (Å²) in [6.45, 7) is 3.42. The Morgan fingerprint density at radius 2 is 2.00 bits per heavy atom. The predicted octanol–water partition coefficient (Wildman–Crippen LogP) is 4.24. The summed E-state index contributed by atoms with van der Waals surface area (Å²) in [6, 6.07) is 13.4. The summed E-state index contributed by atoms with van der Waals surface area (Å²) in [5, 5.41) is 11.9. The van der Waals surface area contributed by atoms with Gasteiger partial charge >= 0.3 is 5.97 Å². The summed E-state index contributed by atoms with van der Waals surface area (Å²) in [6.07, 6.45) is 4.38. The molecule has 2 heterocycles. The number of carbonyl (C=O) groups is 2. The maximum atomic E-state index is 11.5. The number of carbonyl (C=O) groups excluding carboxylic acids is 1. The van der Waals surface area contributed by atoms with Crippen molar-refractivity contribution in [1.29, 1.82) is 0 Å². The van der Waals surface area contributed by atoms with Crippen LogP contribution in [-0.4, -0.2) is 31.9 Å². The van der Waals surface area contributed by atoms with Crippen molar-refractivity contribution in [3.63, 3.8) is 0 Å². The number of aromatic carboxylic acids is 1. The quantitative estimate of drug-likeness (QED) is 0.417. The van der Waals surface area contributed by atoms with Gasteiger partial charge in [0, 0.05) is 23.5 Å². The minimum Gasteiger partial charge on any atom is -0.478 e. The first-order chi connectivity index (χ1) is 14.5. The average molecular weight is 400 g/mol. The first-order valence-electron chi connectivity index (χ1n) is 8.92. The predicted molar refractivity (Wildman–Crippen MR) is 112 cm³/mol. The van der Waals surface area contributed by atoms with Gasteiger partial charge in [0.15, 0.2) is 5.65 Å². The van der Waals surface area contributed by atoms with Crippen LogP contribution in [0.25, 0.3) is 22.3 Å². The molecule has 8 nitrogen and oxygen atoms in total. The van der Waals surface area contributed by atoms with Gasteiger partial charge in [-0.1, -0.05) is 24.8 Å². The second kappa shape index (κ2) is 7.88. The number of ether oxygens (including phenoxy) is 1. The fourth-order valence-electron chi connectivity index (χ4n) is 2.92. The van der Waals surface area contributed by atoms with E-state index >= 15 is 0 Å². The Kier molecular flexibility index (Phi) is 4.96. The molecule has 0 atom stereocenters. The Hall–Kier alpha value is -4.46. The number of fused-ring (bicyclic) bond motifs is 1. The number of hydrogen-bond acceptors (Lipinski definition) is 5. The Bertz CT molecular complexity index is 1280. The summed E-state index contributed by atoms with van der Waals surface area (Å²) < 4.78 is 5.81. The molecule has 8 heteroatoms. The molecule has 4 rings (SSSR count). The lowest BCUT2D eigenvalue weighted by Gasteiger charge is -2.07. The third kappa shape index (κ3) is 3.88. The zero-order chi connectivity index (χ0) is 21.1. The van der Waals surface area contributed by atoms with Crippen molar-refractivity contribution < 1.29 is 19.4 Å². The zero-order valence-corrected chi connectivity index (χ0v) is 15.6. The number of anilines is 1. The summed E-state index contributed by atoms with van der Waals surface area (Å²) in [5.74, 6) is -0.607. The number of benzene rings is 2. The van der Waals surface area contributed by atoms with Gasteiger partial charge < -0.3 is 20.1 Å². The molecule has 0 saturated carbocycles. The zero-order valence-electron chi connectivity index (χ0n) is 15.6. The third-order valence-electron chi connectivity index (χ3n) is 4.29. The number of carboxylic acids is 1. The molecule has 4 aromatic rings. The second-order valence-electron chi connectivity index (χ2n) is 6.32. The molecule has 2 aromatic heterocycles. The highest BCUT2D eigenvalue weighted by Gasteiger charge is 2.13. The summed E-state index contributed by atoms with van der Waals surface area (Å²) in [5.41, 5.74) is 3.23. The van der Waals surface area contributed by atoms with Crippen LogP contribution >= 0.6 is 0 Å². The largest absolute Gasteiger partial charge is 0.478 e. The number of nitrogens with one attached hydrogen (secondary N) is 2. The molecular formula is C22H16N4O4. The van der Waals surface area contributed by atoms with Crippen LogP contribution in [0, 0.1) is 0 Å².